The maximum Gasteiger partial charge on any atom is 0.346 e. The molecule has 1 atom stereocenters. The molecule has 162 valence electrons. The zero-order valence-electron chi connectivity index (χ0n) is 18.1. The Morgan fingerprint density at radius 3 is 2.50 bits per heavy atom. The first-order valence-corrected chi connectivity index (χ1v) is 10.1. The van der Waals surface area contributed by atoms with Gasteiger partial charge in [0.2, 0.25) is 0 Å². The van der Waals surface area contributed by atoms with Gasteiger partial charge in [-0.2, -0.15) is 0 Å². The standard InChI is InChI=1S/C23H27ClO6/c1-11-12(2)19(26)21-14(18(11)24)10-29-22(27)17-16(30-21)8-7-13(20(17)28-6)15(25)9-23(3,4)5/h7-8,15,25-26H,9-10H2,1-6H3/t15-/m0/s1. The average molecular weight is 435 g/mol. The summed E-state index contributed by atoms with van der Waals surface area (Å²) in [5, 5.41) is 21.8. The van der Waals surface area contributed by atoms with Crippen molar-refractivity contribution in [1.82, 2.24) is 0 Å². The first-order chi connectivity index (χ1) is 14.0. The van der Waals surface area contributed by atoms with E-state index in [1.165, 1.54) is 7.11 Å². The molecule has 1 heterocycles. The molecular formula is C23H27ClO6. The van der Waals surface area contributed by atoms with Gasteiger partial charge in [-0.3, -0.25) is 0 Å². The summed E-state index contributed by atoms with van der Waals surface area (Å²) in [4.78, 5) is 12.9. The van der Waals surface area contributed by atoms with E-state index in [4.69, 9.17) is 25.8 Å². The monoisotopic (exact) mass is 434 g/mol. The number of methoxy groups -OCH3 is 1. The van der Waals surface area contributed by atoms with Crippen LogP contribution in [0.4, 0.5) is 0 Å². The molecule has 7 heteroatoms. The van der Waals surface area contributed by atoms with Crippen molar-refractivity contribution in [2.45, 2.75) is 53.8 Å². The largest absolute Gasteiger partial charge is 0.504 e. The summed E-state index contributed by atoms with van der Waals surface area (Å²) in [7, 11) is 1.42. The molecule has 0 saturated heterocycles. The Morgan fingerprint density at radius 2 is 1.90 bits per heavy atom. The van der Waals surface area contributed by atoms with E-state index in [0.29, 0.717) is 33.7 Å². The lowest BCUT2D eigenvalue weighted by Gasteiger charge is -2.26. The molecule has 1 aliphatic rings. The van der Waals surface area contributed by atoms with Crippen LogP contribution in [0.2, 0.25) is 5.02 Å². The number of halogens is 1. The predicted octanol–water partition coefficient (Wildman–Crippen LogP) is 5.60. The summed E-state index contributed by atoms with van der Waals surface area (Å²) in [6, 6.07) is 3.22. The van der Waals surface area contributed by atoms with E-state index in [9.17, 15) is 15.0 Å². The van der Waals surface area contributed by atoms with Gasteiger partial charge < -0.3 is 24.4 Å². The minimum absolute atomic E-state index is 0.0577. The van der Waals surface area contributed by atoms with Gasteiger partial charge in [-0.1, -0.05) is 32.4 Å². The van der Waals surface area contributed by atoms with Gasteiger partial charge in [0, 0.05) is 5.56 Å². The topological polar surface area (TPSA) is 85.2 Å². The van der Waals surface area contributed by atoms with Crippen LogP contribution in [-0.4, -0.2) is 23.3 Å². The summed E-state index contributed by atoms with van der Waals surface area (Å²) in [5.41, 5.74) is 2.05. The molecule has 2 aromatic rings. The molecule has 0 spiro atoms. The number of fused-ring (bicyclic) bond motifs is 2. The number of ether oxygens (including phenoxy) is 3. The number of phenolic OH excluding ortho intramolecular Hbond substituents is 1. The number of aliphatic hydroxyl groups excluding tert-OH is 1. The van der Waals surface area contributed by atoms with Gasteiger partial charge in [-0.15, -0.1) is 0 Å². The fourth-order valence-corrected chi connectivity index (χ4v) is 3.85. The van der Waals surface area contributed by atoms with Gasteiger partial charge >= 0.3 is 5.97 Å². The normalized spacial score (nSPS) is 14.6. The average Bonchev–Trinajstić information content (AvgIpc) is 2.66. The zero-order valence-corrected chi connectivity index (χ0v) is 18.8. The van der Waals surface area contributed by atoms with Gasteiger partial charge in [-0.05, 0) is 48.9 Å². The van der Waals surface area contributed by atoms with Crippen molar-refractivity contribution in [3.63, 3.8) is 0 Å². The third kappa shape index (κ3) is 3.94. The van der Waals surface area contributed by atoms with Crippen LogP contribution in [0, 0.1) is 19.3 Å². The van der Waals surface area contributed by atoms with E-state index in [1.807, 2.05) is 20.8 Å². The highest BCUT2D eigenvalue weighted by Gasteiger charge is 2.32. The highest BCUT2D eigenvalue weighted by atomic mass is 35.5. The molecule has 0 saturated carbocycles. The fourth-order valence-electron chi connectivity index (χ4n) is 3.57. The van der Waals surface area contributed by atoms with Crippen molar-refractivity contribution in [2.24, 2.45) is 5.41 Å². The first kappa shape index (κ1) is 22.2. The Hall–Kier alpha value is -2.44. The van der Waals surface area contributed by atoms with Gasteiger partial charge in [0.25, 0.3) is 0 Å². The number of aromatic hydroxyl groups is 1. The molecule has 3 rings (SSSR count). The molecule has 0 radical (unpaired) electrons. The Morgan fingerprint density at radius 1 is 1.23 bits per heavy atom. The van der Waals surface area contributed by atoms with E-state index in [0.717, 1.165) is 0 Å². The minimum atomic E-state index is -0.844. The number of phenols is 1. The number of carbonyl (C=O) groups is 1. The lowest BCUT2D eigenvalue weighted by molar-refractivity contribution is 0.0453. The molecule has 2 N–H and O–H groups in total. The van der Waals surface area contributed by atoms with E-state index >= 15 is 0 Å². The molecule has 0 aliphatic carbocycles. The predicted molar refractivity (Wildman–Crippen MR) is 114 cm³/mol. The summed E-state index contributed by atoms with van der Waals surface area (Å²) >= 11 is 6.44. The van der Waals surface area contributed by atoms with Crippen LogP contribution in [0.25, 0.3) is 0 Å². The van der Waals surface area contributed by atoms with Crippen molar-refractivity contribution in [3.05, 3.63) is 45.0 Å². The number of hydrogen-bond donors (Lipinski definition) is 2. The molecule has 0 amide bonds. The van der Waals surface area contributed by atoms with Gasteiger partial charge in [0.15, 0.2) is 11.5 Å². The van der Waals surface area contributed by atoms with Crippen molar-refractivity contribution in [2.75, 3.05) is 7.11 Å². The summed E-state index contributed by atoms with van der Waals surface area (Å²) in [6.45, 7) is 9.39. The number of esters is 1. The lowest BCUT2D eigenvalue weighted by atomic mass is 9.86. The molecule has 30 heavy (non-hydrogen) atoms. The number of aliphatic hydroxyl groups is 1. The molecule has 6 nitrogen and oxygen atoms in total. The number of cyclic esters (lactones) is 1. The highest BCUT2D eigenvalue weighted by Crippen LogP contribution is 2.48. The third-order valence-electron chi connectivity index (χ3n) is 5.28. The van der Waals surface area contributed by atoms with Crippen LogP contribution in [0.15, 0.2) is 12.1 Å². The maximum absolute atomic E-state index is 12.9. The summed E-state index contributed by atoms with van der Waals surface area (Å²) in [5.74, 6) is -0.245. The van der Waals surface area contributed by atoms with E-state index in [-0.39, 0.29) is 40.6 Å². The molecule has 1 aliphatic heterocycles. The number of rotatable bonds is 3. The Labute approximate surface area is 181 Å². The lowest BCUT2D eigenvalue weighted by Crippen LogP contribution is -2.17. The molecule has 0 fully saturated rings. The van der Waals surface area contributed by atoms with Gasteiger partial charge in [0.05, 0.1) is 23.8 Å². The minimum Gasteiger partial charge on any atom is -0.504 e. The van der Waals surface area contributed by atoms with Crippen LogP contribution < -0.4 is 9.47 Å². The fraction of sp³-hybridized carbons (Fsp3) is 0.435. The van der Waals surface area contributed by atoms with Gasteiger partial charge in [0.1, 0.15) is 23.7 Å². The SMILES string of the molecule is COc1c([C@@H](O)CC(C)(C)C)ccc2c1C(=O)OCc1c(Cl)c(C)c(C)c(O)c1O2. The van der Waals surface area contributed by atoms with Crippen LogP contribution >= 0.6 is 11.6 Å². The van der Waals surface area contributed by atoms with Crippen molar-refractivity contribution >= 4 is 17.6 Å². The molecule has 0 aromatic heterocycles. The molecule has 2 aromatic carbocycles. The number of hydrogen-bond acceptors (Lipinski definition) is 6. The van der Waals surface area contributed by atoms with Crippen LogP contribution in [0.1, 0.15) is 65.9 Å². The quantitative estimate of drug-likeness (QED) is 0.611. The first-order valence-electron chi connectivity index (χ1n) is 9.70. The molecule has 0 unspecified atom stereocenters. The Balaban J connectivity index is 2.18. The molecule has 0 bridgehead atoms. The van der Waals surface area contributed by atoms with Crippen molar-refractivity contribution < 1.29 is 29.2 Å². The summed E-state index contributed by atoms with van der Waals surface area (Å²) < 4.78 is 17.0. The second kappa shape index (κ2) is 8.00. The smallest absolute Gasteiger partial charge is 0.346 e. The third-order valence-corrected chi connectivity index (χ3v) is 5.80. The second-order valence-electron chi connectivity index (χ2n) is 8.74. The zero-order chi connectivity index (χ0) is 22.4. The summed E-state index contributed by atoms with van der Waals surface area (Å²) in [6.07, 6.45) is -0.376. The van der Waals surface area contributed by atoms with Crippen molar-refractivity contribution in [3.8, 4) is 23.0 Å². The number of carbonyl (C=O) groups excluding carboxylic acids is 1. The van der Waals surface area contributed by atoms with Crippen molar-refractivity contribution in [1.29, 1.82) is 0 Å². The Kier molecular flexibility index (Phi) is 5.94. The number of benzene rings is 2. The van der Waals surface area contributed by atoms with Gasteiger partial charge in [-0.25, -0.2) is 4.79 Å². The van der Waals surface area contributed by atoms with E-state index in [2.05, 4.69) is 0 Å². The van der Waals surface area contributed by atoms with E-state index < -0.39 is 12.1 Å². The highest BCUT2D eigenvalue weighted by molar-refractivity contribution is 6.32. The maximum atomic E-state index is 12.9. The second-order valence-corrected chi connectivity index (χ2v) is 9.12. The van der Waals surface area contributed by atoms with E-state index in [1.54, 1.807) is 26.0 Å². The van der Waals surface area contributed by atoms with Crippen LogP contribution in [0.3, 0.4) is 0 Å². The van der Waals surface area contributed by atoms with Crippen LogP contribution in [0.5, 0.6) is 23.0 Å². The molecular weight excluding hydrogens is 408 g/mol. The van der Waals surface area contributed by atoms with Crippen LogP contribution in [-0.2, 0) is 11.3 Å². The Bertz CT molecular complexity index is 1010.